The second-order valence-electron chi connectivity index (χ2n) is 12.7. The minimum absolute atomic E-state index is 0.0183. The van der Waals surface area contributed by atoms with E-state index in [0.717, 1.165) is 20.0 Å². The number of hydrogen-bond acceptors (Lipinski definition) is 16. The van der Waals surface area contributed by atoms with Gasteiger partial charge in [0.15, 0.2) is 18.2 Å². The molecule has 2 aliphatic rings. The standard InChI is InChI=1S/C37H59N5O15/c1-5-7-12-42(36(46)54-17-9-15-50-19-21-52-23-22-51-20-18-49-14-6-2)13-11-27(44)10-8-16-53-32(30-25-55-37(47)57-30)33-31(40-26(3)43)28(41-35(38)39)24-29(56-33)34(45)48-4/h2,24,28,30-33H,5,7-23,25H2,1,3-4H3,(H,40,43)(H4,38,39,41)/t28-,30+,31+,32+,33+/m0/s1. The number of guanidine groups is 1. The Labute approximate surface area is 333 Å². The van der Waals surface area contributed by atoms with E-state index in [1.165, 1.54) is 17.9 Å². The van der Waals surface area contributed by atoms with Crippen LogP contribution in [0.2, 0.25) is 0 Å². The first-order chi connectivity index (χ1) is 27.5. The van der Waals surface area contributed by atoms with E-state index in [-0.39, 0.29) is 69.7 Å². The summed E-state index contributed by atoms with van der Waals surface area (Å²) in [5.74, 6) is 0.361. The van der Waals surface area contributed by atoms with Gasteiger partial charge >= 0.3 is 18.2 Å². The number of amides is 2. The first-order valence-corrected chi connectivity index (χ1v) is 19.0. The summed E-state index contributed by atoms with van der Waals surface area (Å²) in [6, 6.07) is -1.98. The highest BCUT2D eigenvalue weighted by atomic mass is 16.8. The van der Waals surface area contributed by atoms with Crippen LogP contribution in [0.3, 0.4) is 0 Å². The summed E-state index contributed by atoms with van der Waals surface area (Å²) in [5.41, 5.74) is 11.3. The lowest BCUT2D eigenvalue weighted by Crippen LogP contribution is -2.60. The Bertz CT molecular complexity index is 1350. The molecule has 5 atom stereocenters. The van der Waals surface area contributed by atoms with Gasteiger partial charge in [-0.2, -0.15) is 0 Å². The smallest absolute Gasteiger partial charge is 0.478 e. The topological polar surface area (TPSA) is 257 Å². The van der Waals surface area contributed by atoms with Crippen LogP contribution in [0, 0.1) is 12.3 Å². The minimum atomic E-state index is -1.18. The number of carbonyl (C=O) groups excluding carboxylic acids is 5. The van der Waals surface area contributed by atoms with E-state index in [2.05, 4.69) is 16.2 Å². The van der Waals surface area contributed by atoms with Gasteiger partial charge in [-0.15, -0.1) is 6.42 Å². The number of hydrogen-bond donors (Lipinski definition) is 3. The number of unbranched alkanes of at least 4 members (excludes halogenated alkanes) is 1. The van der Waals surface area contributed by atoms with E-state index in [9.17, 15) is 24.0 Å². The number of nitrogens with two attached hydrogens (primary N) is 2. The predicted octanol–water partition coefficient (Wildman–Crippen LogP) is 0.577. The molecule has 0 aliphatic carbocycles. The summed E-state index contributed by atoms with van der Waals surface area (Å²) in [7, 11) is 1.15. The first-order valence-electron chi connectivity index (χ1n) is 19.0. The Morgan fingerprint density at radius 2 is 1.63 bits per heavy atom. The highest BCUT2D eigenvalue weighted by Gasteiger charge is 2.48. The van der Waals surface area contributed by atoms with Crippen LogP contribution >= 0.6 is 0 Å². The van der Waals surface area contributed by atoms with Crippen LogP contribution in [0.5, 0.6) is 0 Å². The number of terminal acetylenes is 1. The van der Waals surface area contributed by atoms with Gasteiger partial charge in [0.1, 0.15) is 25.1 Å². The van der Waals surface area contributed by atoms with Gasteiger partial charge in [0.05, 0.1) is 65.4 Å². The molecule has 5 N–H and O–H groups in total. The number of rotatable bonds is 30. The third kappa shape index (κ3) is 19.8. The van der Waals surface area contributed by atoms with E-state index in [4.69, 9.17) is 65.3 Å². The summed E-state index contributed by atoms with van der Waals surface area (Å²) in [6.07, 6.45) is 4.14. The summed E-state index contributed by atoms with van der Waals surface area (Å²) >= 11 is 0. The molecule has 0 aromatic heterocycles. The number of nitrogens with zero attached hydrogens (tertiary/aromatic N) is 2. The number of cyclic esters (lactones) is 2. The van der Waals surface area contributed by atoms with Gasteiger partial charge in [0.2, 0.25) is 11.7 Å². The van der Waals surface area contributed by atoms with Crippen LogP contribution in [0.1, 0.15) is 52.4 Å². The van der Waals surface area contributed by atoms with E-state index in [0.29, 0.717) is 59.2 Å². The highest BCUT2D eigenvalue weighted by Crippen LogP contribution is 2.29. The van der Waals surface area contributed by atoms with Crippen molar-refractivity contribution in [2.45, 2.75) is 82.8 Å². The van der Waals surface area contributed by atoms with Crippen LogP contribution in [0.15, 0.2) is 16.8 Å². The van der Waals surface area contributed by atoms with Gasteiger partial charge in [0, 0.05) is 52.5 Å². The van der Waals surface area contributed by atoms with Crippen molar-refractivity contribution in [3.8, 4) is 12.3 Å². The first kappa shape index (κ1) is 48.5. The molecule has 1 fully saturated rings. The lowest BCUT2D eigenvalue weighted by atomic mass is 9.92. The minimum Gasteiger partial charge on any atom is -0.478 e. The Hall–Kier alpha value is -4.68. The molecule has 0 radical (unpaired) electrons. The van der Waals surface area contributed by atoms with Crippen molar-refractivity contribution in [1.82, 2.24) is 10.2 Å². The largest absolute Gasteiger partial charge is 0.508 e. The molecule has 0 aromatic rings. The summed E-state index contributed by atoms with van der Waals surface area (Å²) in [4.78, 5) is 68.1. The second-order valence-corrected chi connectivity index (χ2v) is 12.7. The third-order valence-electron chi connectivity index (χ3n) is 8.24. The molecule has 2 rings (SSSR count). The number of methoxy groups -OCH3 is 1. The molecule has 2 amide bonds. The van der Waals surface area contributed by atoms with Crippen molar-refractivity contribution in [3.05, 3.63) is 11.8 Å². The maximum Gasteiger partial charge on any atom is 0.508 e. The SMILES string of the molecule is C#CCOCCOCCOCCOCCCOC(=O)N(CCCC)CCC(=O)CCCO[C@@H]([C@@H]1OC(C(=O)OC)=C[C@H](N=C(N)N)[C@H]1NC(C)=O)[C@H]1COC(=O)O1. The molecule has 0 unspecified atom stereocenters. The maximum atomic E-state index is 12.9. The molecular weight excluding hydrogens is 754 g/mol. The van der Waals surface area contributed by atoms with Gasteiger partial charge in [-0.3, -0.25) is 9.59 Å². The fourth-order valence-corrected chi connectivity index (χ4v) is 5.53. The Kier molecular flexibility index (Phi) is 24.4. The molecule has 1 saturated heterocycles. The number of ketones is 1. The molecule has 2 heterocycles. The average Bonchev–Trinajstić information content (AvgIpc) is 3.61. The van der Waals surface area contributed by atoms with Crippen molar-refractivity contribution in [3.63, 3.8) is 0 Å². The molecule has 57 heavy (non-hydrogen) atoms. The monoisotopic (exact) mass is 813 g/mol. The second kappa shape index (κ2) is 28.7. The molecule has 0 bridgehead atoms. The number of Topliss-reactive ketones (excluding diaryl/α,β-unsaturated/α-hetero) is 1. The average molecular weight is 814 g/mol. The van der Waals surface area contributed by atoms with Crippen LogP contribution < -0.4 is 16.8 Å². The van der Waals surface area contributed by atoms with Crippen molar-refractivity contribution >= 4 is 35.9 Å². The molecule has 0 saturated carbocycles. The summed E-state index contributed by atoms with van der Waals surface area (Å²) in [5, 5.41) is 2.72. The number of aliphatic imine (C=N–C) groups is 1. The molecule has 20 nitrogen and oxygen atoms in total. The zero-order valence-electron chi connectivity index (χ0n) is 33.1. The van der Waals surface area contributed by atoms with E-state index >= 15 is 0 Å². The maximum absolute atomic E-state index is 12.9. The Balaban J connectivity index is 1.83. The van der Waals surface area contributed by atoms with Gasteiger partial charge in [-0.1, -0.05) is 19.3 Å². The van der Waals surface area contributed by atoms with Crippen molar-refractivity contribution < 1.29 is 71.3 Å². The zero-order valence-corrected chi connectivity index (χ0v) is 33.1. The molecule has 322 valence electrons. The highest BCUT2D eigenvalue weighted by molar-refractivity contribution is 5.87. The summed E-state index contributed by atoms with van der Waals surface area (Å²) in [6.45, 7) is 6.95. The molecule has 20 heteroatoms. The van der Waals surface area contributed by atoms with Gasteiger partial charge in [0.25, 0.3) is 0 Å². The zero-order chi connectivity index (χ0) is 41.8. The van der Waals surface area contributed by atoms with Crippen LogP contribution in [0.25, 0.3) is 0 Å². The molecular formula is C37H59N5O15. The third-order valence-corrected chi connectivity index (χ3v) is 8.24. The fourth-order valence-electron chi connectivity index (χ4n) is 5.53. The van der Waals surface area contributed by atoms with Gasteiger partial charge in [-0.25, -0.2) is 19.4 Å². The van der Waals surface area contributed by atoms with E-state index < -0.39 is 54.5 Å². The summed E-state index contributed by atoms with van der Waals surface area (Å²) < 4.78 is 54.1. The number of nitrogens with one attached hydrogen (secondary N) is 1. The van der Waals surface area contributed by atoms with E-state index in [1.807, 2.05) is 6.92 Å². The molecule has 0 aromatic carbocycles. The predicted molar refractivity (Wildman–Crippen MR) is 202 cm³/mol. The Morgan fingerprint density at radius 3 is 2.23 bits per heavy atom. The number of carbonyl (C=O) groups is 5. The lowest BCUT2D eigenvalue weighted by molar-refractivity contribution is -0.151. The number of esters is 1. The van der Waals surface area contributed by atoms with Crippen molar-refractivity contribution in [2.24, 2.45) is 16.5 Å². The van der Waals surface area contributed by atoms with Crippen molar-refractivity contribution in [1.29, 1.82) is 0 Å². The molecule has 0 spiro atoms. The fraction of sp³-hybridized carbons (Fsp3) is 0.730. The Morgan fingerprint density at radius 1 is 0.947 bits per heavy atom. The van der Waals surface area contributed by atoms with Crippen LogP contribution in [0.4, 0.5) is 9.59 Å². The van der Waals surface area contributed by atoms with Gasteiger partial charge in [-0.05, 0) is 18.9 Å². The number of ether oxygens (including phenoxy) is 10. The lowest BCUT2D eigenvalue weighted by Gasteiger charge is -2.40. The van der Waals surface area contributed by atoms with Crippen LogP contribution in [-0.2, 0) is 61.8 Å². The quantitative estimate of drug-likeness (QED) is 0.0224. The van der Waals surface area contributed by atoms with E-state index in [1.54, 1.807) is 0 Å². The molecule has 2 aliphatic heterocycles. The van der Waals surface area contributed by atoms with Gasteiger partial charge < -0.3 is 69.1 Å². The van der Waals surface area contributed by atoms with Crippen molar-refractivity contribution in [2.75, 3.05) is 92.9 Å². The van der Waals surface area contributed by atoms with Crippen LogP contribution in [-0.4, -0.2) is 164 Å². The normalized spacial score (nSPS) is 19.1.